The fraction of sp³-hybridized carbons (Fsp3) is 0.366. The Morgan fingerprint density at radius 3 is 2.15 bits per heavy atom. The minimum Gasteiger partial charge on any atom is -0.494 e. The average molecular weight is 756 g/mol. The number of carbonyl (C=O) groups excluding carboxylic acids is 4. The van der Waals surface area contributed by atoms with Crippen LogP contribution in [-0.4, -0.2) is 55.8 Å². The summed E-state index contributed by atoms with van der Waals surface area (Å²) < 4.78 is 28.3. The van der Waals surface area contributed by atoms with Gasteiger partial charge in [-0.2, -0.15) is 5.10 Å². The lowest BCUT2D eigenvalue weighted by Crippen LogP contribution is -2.30. The van der Waals surface area contributed by atoms with E-state index in [1.807, 2.05) is 24.3 Å². The van der Waals surface area contributed by atoms with E-state index in [0.29, 0.717) is 67.6 Å². The summed E-state index contributed by atoms with van der Waals surface area (Å²) in [5.74, 6) is -0.127. The number of rotatable bonds is 20. The van der Waals surface area contributed by atoms with Gasteiger partial charge in [-0.05, 0) is 93.1 Å². The molecule has 0 saturated heterocycles. The van der Waals surface area contributed by atoms with E-state index in [1.54, 1.807) is 48.5 Å². The number of thiazole rings is 1. The van der Waals surface area contributed by atoms with Gasteiger partial charge in [0.1, 0.15) is 23.0 Å². The highest BCUT2D eigenvalue weighted by Crippen LogP contribution is 2.33. The monoisotopic (exact) mass is 755 g/mol. The second kappa shape index (κ2) is 20.6. The zero-order chi connectivity index (χ0) is 38.1. The lowest BCUT2D eigenvalue weighted by Gasteiger charge is -2.26. The number of unbranched alkanes of at least 4 members (excludes halogenated alkanes) is 5. The number of aromatic nitrogens is 1. The molecule has 0 atom stereocenters. The zero-order valence-corrected chi connectivity index (χ0v) is 31.2. The SMILES string of the molecule is C=CC(=O)OCCCCCCCCOc1ccc(OC(=O)[C@H]2CC[C@H](C(=O)Oc3ccc(OC=O)cc3/C=N/N(C)c3nc4ccccc4s3)CC2)cc1. The van der Waals surface area contributed by atoms with Crippen molar-refractivity contribution in [3.63, 3.8) is 0 Å². The molecule has 1 aromatic heterocycles. The van der Waals surface area contributed by atoms with Gasteiger partial charge in [-0.25, -0.2) is 14.8 Å². The number of fused-ring (bicyclic) bond motifs is 1. The van der Waals surface area contributed by atoms with Gasteiger partial charge in [0.2, 0.25) is 5.13 Å². The van der Waals surface area contributed by atoms with Crippen molar-refractivity contribution in [2.75, 3.05) is 25.3 Å². The van der Waals surface area contributed by atoms with E-state index in [2.05, 4.69) is 16.7 Å². The first-order chi connectivity index (χ1) is 26.3. The van der Waals surface area contributed by atoms with Gasteiger partial charge in [0.15, 0.2) is 0 Å². The fourth-order valence-electron chi connectivity index (χ4n) is 5.94. The molecule has 0 amide bonds. The maximum atomic E-state index is 13.3. The molecule has 1 saturated carbocycles. The lowest BCUT2D eigenvalue weighted by atomic mass is 9.82. The molecule has 13 heteroatoms. The van der Waals surface area contributed by atoms with Gasteiger partial charge in [0.05, 0.1) is 41.5 Å². The molecular formula is C41H45N3O9S. The summed E-state index contributed by atoms with van der Waals surface area (Å²) >= 11 is 1.49. The van der Waals surface area contributed by atoms with Crippen molar-refractivity contribution < 1.29 is 42.9 Å². The molecule has 284 valence electrons. The van der Waals surface area contributed by atoms with E-state index >= 15 is 0 Å². The van der Waals surface area contributed by atoms with E-state index in [4.69, 9.17) is 23.7 Å². The largest absolute Gasteiger partial charge is 0.494 e. The number of carbonyl (C=O) groups is 4. The van der Waals surface area contributed by atoms with Crippen LogP contribution in [0.5, 0.6) is 23.0 Å². The molecule has 4 aromatic rings. The first kappa shape index (κ1) is 39.6. The Morgan fingerprint density at radius 1 is 0.833 bits per heavy atom. The molecule has 1 aliphatic rings. The average Bonchev–Trinajstić information content (AvgIpc) is 3.64. The Hall–Kier alpha value is -5.56. The van der Waals surface area contributed by atoms with Crippen LogP contribution in [0.15, 0.2) is 84.5 Å². The van der Waals surface area contributed by atoms with E-state index in [0.717, 1.165) is 48.7 Å². The quantitative estimate of drug-likeness (QED) is 0.0164. The Labute approximate surface area is 318 Å². The summed E-state index contributed by atoms with van der Waals surface area (Å²) in [6.07, 6.45) is 10.7. The number of hydrogen-bond donors (Lipinski definition) is 0. The Morgan fingerprint density at radius 2 is 1.46 bits per heavy atom. The zero-order valence-electron chi connectivity index (χ0n) is 30.4. The van der Waals surface area contributed by atoms with Crippen molar-refractivity contribution in [1.82, 2.24) is 4.98 Å². The standard InChI is InChI=1S/C41H45N3O9S/c1-3-38(46)50-25-11-7-5-4-6-10-24-49-32-18-20-33(21-19-32)52-39(47)29-14-16-30(17-15-29)40(48)53-36-23-22-34(51-28-45)26-31(36)27-42-44(2)41-43-35-12-8-9-13-37(35)54-41/h3,8-9,12-13,18-23,26-30H,1,4-7,10-11,14-17,24-25H2,2H3/b42-27+/t29-,30-. The van der Waals surface area contributed by atoms with Crippen LogP contribution in [-0.2, 0) is 23.9 Å². The molecule has 0 unspecified atom stereocenters. The van der Waals surface area contributed by atoms with Gasteiger partial charge in [0.25, 0.3) is 6.47 Å². The summed E-state index contributed by atoms with van der Waals surface area (Å²) in [4.78, 5) is 52.9. The minimum absolute atomic E-state index is 0.270. The summed E-state index contributed by atoms with van der Waals surface area (Å²) in [6.45, 7) is 4.73. The molecule has 0 radical (unpaired) electrons. The van der Waals surface area contributed by atoms with Gasteiger partial charge in [0, 0.05) is 18.7 Å². The molecule has 1 aliphatic carbocycles. The van der Waals surface area contributed by atoms with Gasteiger partial charge in [-0.1, -0.05) is 55.7 Å². The van der Waals surface area contributed by atoms with Crippen LogP contribution < -0.4 is 24.0 Å². The van der Waals surface area contributed by atoms with Crippen molar-refractivity contribution >= 4 is 57.3 Å². The van der Waals surface area contributed by atoms with Crippen molar-refractivity contribution in [3.05, 3.63) is 84.9 Å². The minimum atomic E-state index is -0.403. The van der Waals surface area contributed by atoms with E-state index in [1.165, 1.54) is 29.7 Å². The number of para-hydroxylation sites is 1. The van der Waals surface area contributed by atoms with E-state index in [9.17, 15) is 19.2 Å². The van der Waals surface area contributed by atoms with Crippen LogP contribution >= 0.6 is 11.3 Å². The molecule has 12 nitrogen and oxygen atoms in total. The summed E-state index contributed by atoms with van der Waals surface area (Å²) in [6, 6.07) is 19.5. The molecule has 5 rings (SSSR count). The molecule has 0 aliphatic heterocycles. The first-order valence-electron chi connectivity index (χ1n) is 18.2. The van der Waals surface area contributed by atoms with Gasteiger partial charge in [-0.3, -0.25) is 14.4 Å². The highest BCUT2D eigenvalue weighted by atomic mass is 32.1. The number of benzene rings is 3. The second-order valence-corrected chi connectivity index (χ2v) is 13.9. The summed E-state index contributed by atoms with van der Waals surface area (Å²) in [7, 11) is 1.77. The number of anilines is 1. The maximum Gasteiger partial charge on any atom is 0.330 e. The highest BCUT2D eigenvalue weighted by molar-refractivity contribution is 7.22. The molecular weight excluding hydrogens is 711 g/mol. The third-order valence-corrected chi connectivity index (χ3v) is 10.1. The molecule has 1 fully saturated rings. The molecule has 0 N–H and O–H groups in total. The van der Waals surface area contributed by atoms with Crippen molar-refractivity contribution in [3.8, 4) is 23.0 Å². The normalized spacial score (nSPS) is 15.4. The van der Waals surface area contributed by atoms with Crippen LogP contribution in [0, 0.1) is 11.8 Å². The topological polar surface area (TPSA) is 143 Å². The van der Waals surface area contributed by atoms with Crippen molar-refractivity contribution in [2.45, 2.75) is 64.2 Å². The number of esters is 3. The first-order valence-corrected chi connectivity index (χ1v) is 19.0. The third kappa shape index (κ3) is 12.0. The van der Waals surface area contributed by atoms with Crippen LogP contribution in [0.4, 0.5) is 5.13 Å². The van der Waals surface area contributed by atoms with Gasteiger partial charge >= 0.3 is 17.9 Å². The summed E-state index contributed by atoms with van der Waals surface area (Å²) in [5, 5.41) is 6.80. The van der Waals surface area contributed by atoms with E-state index in [-0.39, 0.29) is 35.3 Å². The third-order valence-electron chi connectivity index (χ3n) is 8.96. The molecule has 54 heavy (non-hydrogen) atoms. The molecule has 0 bridgehead atoms. The predicted molar refractivity (Wildman–Crippen MR) is 206 cm³/mol. The van der Waals surface area contributed by atoms with Crippen molar-refractivity contribution in [1.29, 1.82) is 0 Å². The number of nitrogens with zero attached hydrogens (tertiary/aromatic N) is 3. The Kier molecular flexibility index (Phi) is 15.1. The predicted octanol–water partition coefficient (Wildman–Crippen LogP) is 8.07. The Bertz CT molecular complexity index is 1870. The fourth-order valence-corrected chi connectivity index (χ4v) is 6.82. The van der Waals surface area contributed by atoms with Gasteiger partial charge < -0.3 is 23.7 Å². The lowest BCUT2D eigenvalue weighted by molar-refractivity contribution is -0.145. The van der Waals surface area contributed by atoms with Crippen LogP contribution in [0.25, 0.3) is 10.2 Å². The van der Waals surface area contributed by atoms with E-state index < -0.39 is 5.97 Å². The summed E-state index contributed by atoms with van der Waals surface area (Å²) in [5.41, 5.74) is 1.31. The number of ether oxygens (including phenoxy) is 5. The molecule has 1 heterocycles. The van der Waals surface area contributed by atoms with Crippen LogP contribution in [0.1, 0.15) is 69.8 Å². The smallest absolute Gasteiger partial charge is 0.330 e. The molecule has 0 spiro atoms. The van der Waals surface area contributed by atoms with Crippen molar-refractivity contribution in [2.24, 2.45) is 16.9 Å². The number of hydrogen-bond acceptors (Lipinski definition) is 13. The van der Waals surface area contributed by atoms with Crippen LogP contribution in [0.2, 0.25) is 0 Å². The molecule has 3 aromatic carbocycles. The highest BCUT2D eigenvalue weighted by Gasteiger charge is 2.32. The Balaban J connectivity index is 1.03. The van der Waals surface area contributed by atoms with Gasteiger partial charge in [-0.15, -0.1) is 0 Å². The second-order valence-electron chi connectivity index (χ2n) is 12.8. The van der Waals surface area contributed by atoms with Crippen LogP contribution in [0.3, 0.4) is 0 Å². The maximum absolute atomic E-state index is 13.3. The number of hydrazone groups is 1.